The van der Waals surface area contributed by atoms with E-state index in [1.165, 1.54) is 0 Å². The summed E-state index contributed by atoms with van der Waals surface area (Å²) in [7, 11) is 0. The van der Waals surface area contributed by atoms with Crippen molar-refractivity contribution in [2.75, 3.05) is 6.54 Å². The summed E-state index contributed by atoms with van der Waals surface area (Å²) >= 11 is 3.45. The van der Waals surface area contributed by atoms with Crippen molar-refractivity contribution in [1.82, 2.24) is 14.9 Å². The number of benzene rings is 1. The van der Waals surface area contributed by atoms with Crippen LogP contribution in [0.2, 0.25) is 0 Å². The van der Waals surface area contributed by atoms with Crippen LogP contribution in [0.25, 0.3) is 11.3 Å². The van der Waals surface area contributed by atoms with Gasteiger partial charge in [0.2, 0.25) is 0 Å². The molecule has 0 saturated carbocycles. The molecular formula is C19H26BrN3O2. The maximum Gasteiger partial charge on any atom is 0.410 e. The minimum absolute atomic E-state index is 0.170. The Kier molecular flexibility index (Phi) is 6.27. The number of aromatic nitrogens is 2. The monoisotopic (exact) mass is 407 g/mol. The molecule has 136 valence electrons. The van der Waals surface area contributed by atoms with Crippen molar-refractivity contribution in [2.45, 2.75) is 52.7 Å². The molecule has 0 aliphatic carbocycles. The number of nitrogens with one attached hydrogen (secondary N) is 1. The number of rotatable bonds is 5. The normalized spacial score (nSPS) is 12.7. The molecule has 0 bridgehead atoms. The van der Waals surface area contributed by atoms with Crippen molar-refractivity contribution in [3.63, 3.8) is 0 Å². The molecule has 2 rings (SSSR count). The standard InChI is InChI=1S/C19H26BrN3O2/c1-6-11-23(18(24)25-19(3,4)5)13(2)16-17(22-12-21-16)14-7-9-15(20)10-8-14/h7-10,12-13H,6,11H2,1-5H3,(H,21,22). The molecule has 0 radical (unpaired) electrons. The van der Waals surface area contributed by atoms with Gasteiger partial charge in [-0.05, 0) is 46.2 Å². The number of halogens is 1. The lowest BCUT2D eigenvalue weighted by atomic mass is 10.1. The molecule has 6 heteroatoms. The summed E-state index contributed by atoms with van der Waals surface area (Å²) in [6, 6.07) is 7.81. The number of H-pyrrole nitrogens is 1. The van der Waals surface area contributed by atoms with Crippen LogP contribution in [0.3, 0.4) is 0 Å². The van der Waals surface area contributed by atoms with Gasteiger partial charge in [-0.25, -0.2) is 9.78 Å². The highest BCUT2D eigenvalue weighted by molar-refractivity contribution is 9.10. The molecule has 0 spiro atoms. The third-order valence-corrected chi connectivity index (χ3v) is 4.29. The average Bonchev–Trinajstić information content (AvgIpc) is 3.00. The summed E-state index contributed by atoms with van der Waals surface area (Å²) in [5, 5.41) is 0. The Morgan fingerprint density at radius 2 is 1.96 bits per heavy atom. The topological polar surface area (TPSA) is 58.2 Å². The second-order valence-corrected chi connectivity index (χ2v) is 7.94. The molecular weight excluding hydrogens is 382 g/mol. The van der Waals surface area contributed by atoms with Gasteiger partial charge in [-0.3, -0.25) is 4.90 Å². The third-order valence-electron chi connectivity index (χ3n) is 3.76. The van der Waals surface area contributed by atoms with Gasteiger partial charge in [0.25, 0.3) is 0 Å². The fourth-order valence-corrected chi connectivity index (χ4v) is 2.89. The van der Waals surface area contributed by atoms with Gasteiger partial charge < -0.3 is 9.72 Å². The van der Waals surface area contributed by atoms with E-state index >= 15 is 0 Å². The van der Waals surface area contributed by atoms with Crippen LogP contribution in [0.1, 0.15) is 52.8 Å². The first-order chi connectivity index (χ1) is 11.7. The van der Waals surface area contributed by atoms with E-state index in [0.29, 0.717) is 6.54 Å². The number of nitrogens with zero attached hydrogens (tertiary/aromatic N) is 2. The number of carbonyl (C=O) groups is 1. The van der Waals surface area contributed by atoms with E-state index in [0.717, 1.165) is 27.8 Å². The van der Waals surface area contributed by atoms with Crippen molar-refractivity contribution in [1.29, 1.82) is 0 Å². The maximum atomic E-state index is 12.6. The van der Waals surface area contributed by atoms with Gasteiger partial charge in [0.1, 0.15) is 5.60 Å². The lowest BCUT2D eigenvalue weighted by Gasteiger charge is -2.31. The Balaban J connectivity index is 2.31. The Morgan fingerprint density at radius 3 is 2.52 bits per heavy atom. The Labute approximate surface area is 157 Å². The van der Waals surface area contributed by atoms with Crippen molar-refractivity contribution >= 4 is 22.0 Å². The molecule has 1 heterocycles. The van der Waals surface area contributed by atoms with Gasteiger partial charge in [0.05, 0.1) is 23.8 Å². The molecule has 1 aromatic carbocycles. The molecule has 1 atom stereocenters. The van der Waals surface area contributed by atoms with E-state index in [9.17, 15) is 4.79 Å². The molecule has 1 unspecified atom stereocenters. The summed E-state index contributed by atoms with van der Waals surface area (Å²) in [6.07, 6.45) is 2.21. The van der Waals surface area contributed by atoms with Gasteiger partial charge in [-0.2, -0.15) is 0 Å². The minimum atomic E-state index is -0.523. The number of imidazole rings is 1. The predicted octanol–water partition coefficient (Wildman–Crippen LogP) is 5.55. The molecule has 1 aromatic heterocycles. The van der Waals surface area contributed by atoms with Crippen LogP contribution in [0, 0.1) is 0 Å². The largest absolute Gasteiger partial charge is 0.444 e. The van der Waals surface area contributed by atoms with E-state index in [1.807, 2.05) is 58.9 Å². The molecule has 1 amide bonds. The van der Waals surface area contributed by atoms with Crippen LogP contribution >= 0.6 is 15.9 Å². The highest BCUT2D eigenvalue weighted by Gasteiger charge is 2.28. The number of aromatic amines is 1. The SMILES string of the molecule is CCCN(C(=O)OC(C)(C)C)C(C)c1[nH]cnc1-c1ccc(Br)cc1. The quantitative estimate of drug-likeness (QED) is 0.706. The van der Waals surface area contributed by atoms with E-state index in [1.54, 1.807) is 11.2 Å². The van der Waals surface area contributed by atoms with Crippen molar-refractivity contribution in [3.8, 4) is 11.3 Å². The van der Waals surface area contributed by atoms with Crippen LogP contribution in [-0.4, -0.2) is 33.1 Å². The summed E-state index contributed by atoms with van der Waals surface area (Å²) in [6.45, 7) is 10.3. The maximum absolute atomic E-state index is 12.6. The lowest BCUT2D eigenvalue weighted by molar-refractivity contribution is 0.0171. The van der Waals surface area contributed by atoms with Crippen molar-refractivity contribution < 1.29 is 9.53 Å². The second kappa shape index (κ2) is 8.04. The van der Waals surface area contributed by atoms with Gasteiger partial charge in [0, 0.05) is 16.6 Å². The van der Waals surface area contributed by atoms with E-state index in [4.69, 9.17) is 4.74 Å². The Morgan fingerprint density at radius 1 is 1.32 bits per heavy atom. The predicted molar refractivity (Wildman–Crippen MR) is 103 cm³/mol. The van der Waals surface area contributed by atoms with Gasteiger partial charge in [-0.1, -0.05) is 35.0 Å². The van der Waals surface area contributed by atoms with E-state index < -0.39 is 5.60 Å². The number of hydrogen-bond acceptors (Lipinski definition) is 3. The summed E-state index contributed by atoms with van der Waals surface area (Å²) < 4.78 is 6.60. The van der Waals surface area contributed by atoms with Crippen LogP contribution < -0.4 is 0 Å². The molecule has 1 N–H and O–H groups in total. The Hall–Kier alpha value is -1.82. The summed E-state index contributed by atoms with van der Waals surface area (Å²) in [4.78, 5) is 22.1. The van der Waals surface area contributed by atoms with E-state index in [-0.39, 0.29) is 12.1 Å². The lowest BCUT2D eigenvalue weighted by Crippen LogP contribution is -2.39. The van der Waals surface area contributed by atoms with Gasteiger partial charge in [0.15, 0.2) is 0 Å². The zero-order valence-electron chi connectivity index (χ0n) is 15.5. The third kappa shape index (κ3) is 5.08. The molecule has 5 nitrogen and oxygen atoms in total. The minimum Gasteiger partial charge on any atom is -0.444 e. The number of ether oxygens (including phenoxy) is 1. The molecule has 0 aliphatic rings. The first-order valence-corrected chi connectivity index (χ1v) is 9.31. The van der Waals surface area contributed by atoms with Gasteiger partial charge >= 0.3 is 6.09 Å². The van der Waals surface area contributed by atoms with Crippen molar-refractivity contribution in [2.24, 2.45) is 0 Å². The average molecular weight is 408 g/mol. The van der Waals surface area contributed by atoms with Crippen LogP contribution in [0.4, 0.5) is 4.79 Å². The smallest absolute Gasteiger partial charge is 0.410 e. The first kappa shape index (κ1) is 19.5. The number of hydrogen-bond donors (Lipinski definition) is 1. The molecule has 0 fully saturated rings. The Bertz CT molecular complexity index is 704. The summed E-state index contributed by atoms with van der Waals surface area (Å²) in [5.74, 6) is 0. The second-order valence-electron chi connectivity index (χ2n) is 7.02. The fourth-order valence-electron chi connectivity index (χ4n) is 2.62. The highest BCUT2D eigenvalue weighted by atomic mass is 79.9. The first-order valence-electron chi connectivity index (χ1n) is 8.51. The van der Waals surface area contributed by atoms with E-state index in [2.05, 4.69) is 25.9 Å². The summed E-state index contributed by atoms with van der Waals surface area (Å²) in [5.41, 5.74) is 2.24. The fraction of sp³-hybridized carbons (Fsp3) is 0.474. The zero-order valence-corrected chi connectivity index (χ0v) is 17.1. The van der Waals surface area contributed by atoms with Crippen molar-refractivity contribution in [3.05, 3.63) is 40.8 Å². The highest BCUT2D eigenvalue weighted by Crippen LogP contribution is 2.30. The zero-order chi connectivity index (χ0) is 18.6. The molecule has 0 aliphatic heterocycles. The molecule has 2 aromatic rings. The van der Waals surface area contributed by atoms with Gasteiger partial charge in [-0.15, -0.1) is 0 Å². The number of carbonyl (C=O) groups excluding carboxylic acids is 1. The molecule has 0 saturated heterocycles. The van der Waals surface area contributed by atoms with Crippen LogP contribution in [0.15, 0.2) is 35.1 Å². The number of amides is 1. The molecule has 25 heavy (non-hydrogen) atoms. The van der Waals surface area contributed by atoms with Crippen LogP contribution in [0.5, 0.6) is 0 Å². The van der Waals surface area contributed by atoms with Crippen LogP contribution in [-0.2, 0) is 4.74 Å².